The van der Waals surface area contributed by atoms with Crippen LogP contribution in [0.2, 0.25) is 0 Å². The Morgan fingerprint density at radius 2 is 1.79 bits per heavy atom. The molecule has 29 heavy (non-hydrogen) atoms. The fourth-order valence-corrected chi connectivity index (χ4v) is 3.10. The molecule has 0 saturated carbocycles. The fraction of sp³-hybridized carbons (Fsp3) is 0.227. The summed E-state index contributed by atoms with van der Waals surface area (Å²) in [6, 6.07) is 19.0. The maximum Gasteiger partial charge on any atom is 0.256 e. The number of rotatable bonds is 9. The van der Waals surface area contributed by atoms with Crippen molar-refractivity contribution in [2.24, 2.45) is 0 Å². The van der Waals surface area contributed by atoms with E-state index in [9.17, 15) is 4.79 Å². The van der Waals surface area contributed by atoms with Gasteiger partial charge in [-0.1, -0.05) is 59.6 Å². The molecule has 7 heteroatoms. The minimum atomic E-state index is -1.15. The Morgan fingerprint density at radius 1 is 1.00 bits per heavy atom. The summed E-state index contributed by atoms with van der Waals surface area (Å²) in [5, 5.41) is 0. The summed E-state index contributed by atoms with van der Waals surface area (Å²) in [5.74, 6) is 1.45. The first-order valence-electron chi connectivity index (χ1n) is 9.00. The molecule has 0 fully saturated rings. The van der Waals surface area contributed by atoms with Crippen molar-refractivity contribution in [3.63, 3.8) is 0 Å². The van der Waals surface area contributed by atoms with Gasteiger partial charge in [-0.05, 0) is 35.4 Å². The molecule has 2 aromatic carbocycles. The van der Waals surface area contributed by atoms with Crippen molar-refractivity contribution in [2.75, 3.05) is 7.11 Å². The van der Waals surface area contributed by atoms with Crippen LogP contribution in [0, 0.1) is 0 Å². The van der Waals surface area contributed by atoms with Crippen molar-refractivity contribution in [1.82, 2.24) is 4.90 Å². The minimum Gasteiger partial charge on any atom is -0.493 e. The lowest BCUT2D eigenvalue weighted by molar-refractivity contribution is -0.130. The SMILES string of the molecule is COc1cc(CN(Cc2ccco2)C(=O)C(Cl)Cl)ccc1OCc1ccccc1. The average molecular weight is 434 g/mol. The number of alkyl halides is 2. The molecule has 0 N–H and O–H groups in total. The number of nitrogens with zero attached hydrogens (tertiary/aromatic N) is 1. The van der Waals surface area contributed by atoms with Crippen molar-refractivity contribution < 1.29 is 18.7 Å². The fourth-order valence-electron chi connectivity index (χ4n) is 2.83. The Bertz CT molecular complexity index is 914. The van der Waals surface area contributed by atoms with Gasteiger partial charge >= 0.3 is 0 Å². The lowest BCUT2D eigenvalue weighted by Crippen LogP contribution is -2.33. The van der Waals surface area contributed by atoms with Gasteiger partial charge < -0.3 is 18.8 Å². The van der Waals surface area contributed by atoms with Gasteiger partial charge in [0.15, 0.2) is 16.3 Å². The van der Waals surface area contributed by atoms with Gasteiger partial charge in [0.2, 0.25) is 0 Å². The maximum atomic E-state index is 12.4. The Labute approximate surface area is 179 Å². The zero-order valence-electron chi connectivity index (χ0n) is 15.9. The summed E-state index contributed by atoms with van der Waals surface area (Å²) < 4.78 is 16.7. The molecule has 0 atom stereocenters. The summed E-state index contributed by atoms with van der Waals surface area (Å²) >= 11 is 11.6. The van der Waals surface area contributed by atoms with Crippen LogP contribution in [0.15, 0.2) is 71.3 Å². The van der Waals surface area contributed by atoms with Crippen LogP contribution < -0.4 is 9.47 Å². The van der Waals surface area contributed by atoms with Crippen molar-refractivity contribution >= 4 is 29.1 Å². The molecule has 1 heterocycles. The molecule has 1 aromatic heterocycles. The predicted octanol–water partition coefficient (Wildman–Crippen LogP) is 5.20. The number of methoxy groups -OCH3 is 1. The van der Waals surface area contributed by atoms with Crippen LogP contribution in [0.4, 0.5) is 0 Å². The number of carbonyl (C=O) groups is 1. The monoisotopic (exact) mass is 433 g/mol. The first-order chi connectivity index (χ1) is 14.1. The summed E-state index contributed by atoms with van der Waals surface area (Å²) in [6.07, 6.45) is 1.55. The van der Waals surface area contributed by atoms with Crippen LogP contribution in [0.25, 0.3) is 0 Å². The largest absolute Gasteiger partial charge is 0.493 e. The Balaban J connectivity index is 1.73. The molecule has 0 radical (unpaired) electrons. The molecule has 0 saturated heterocycles. The van der Waals surface area contributed by atoms with Crippen molar-refractivity contribution in [3.8, 4) is 11.5 Å². The number of hydrogen-bond donors (Lipinski definition) is 0. The van der Waals surface area contributed by atoms with E-state index in [0.717, 1.165) is 11.1 Å². The van der Waals surface area contributed by atoms with E-state index in [2.05, 4.69) is 0 Å². The lowest BCUT2D eigenvalue weighted by Gasteiger charge is -2.23. The number of ether oxygens (including phenoxy) is 2. The first-order valence-corrected chi connectivity index (χ1v) is 9.87. The third-order valence-corrected chi connectivity index (χ3v) is 4.64. The Kier molecular flexibility index (Phi) is 7.44. The van der Waals surface area contributed by atoms with Crippen molar-refractivity contribution in [2.45, 2.75) is 24.5 Å². The molecule has 1 amide bonds. The lowest BCUT2D eigenvalue weighted by atomic mass is 10.1. The van der Waals surface area contributed by atoms with Gasteiger partial charge in [0, 0.05) is 6.54 Å². The summed E-state index contributed by atoms with van der Waals surface area (Å²) in [7, 11) is 1.58. The van der Waals surface area contributed by atoms with Crippen molar-refractivity contribution in [1.29, 1.82) is 0 Å². The van der Waals surface area contributed by atoms with Gasteiger partial charge in [-0.3, -0.25) is 4.79 Å². The molecule has 0 bridgehead atoms. The molecular formula is C22H21Cl2NO4. The molecular weight excluding hydrogens is 413 g/mol. The third-order valence-electron chi connectivity index (χ3n) is 4.26. The zero-order valence-corrected chi connectivity index (χ0v) is 17.4. The van der Waals surface area contributed by atoms with Gasteiger partial charge in [-0.2, -0.15) is 0 Å². The van der Waals surface area contributed by atoms with E-state index in [1.165, 1.54) is 4.90 Å². The van der Waals surface area contributed by atoms with E-state index < -0.39 is 10.7 Å². The number of amides is 1. The second-order valence-electron chi connectivity index (χ2n) is 6.33. The molecule has 0 aliphatic rings. The van der Waals surface area contributed by atoms with Gasteiger partial charge in [0.1, 0.15) is 12.4 Å². The van der Waals surface area contributed by atoms with Gasteiger partial charge in [-0.15, -0.1) is 0 Å². The average Bonchev–Trinajstić information content (AvgIpc) is 3.25. The molecule has 152 valence electrons. The van der Waals surface area contributed by atoms with Gasteiger partial charge in [0.05, 0.1) is 19.9 Å². The quantitative estimate of drug-likeness (QED) is 0.435. The molecule has 3 aromatic rings. The van der Waals surface area contributed by atoms with E-state index in [1.54, 1.807) is 25.5 Å². The molecule has 3 rings (SSSR count). The highest BCUT2D eigenvalue weighted by Crippen LogP contribution is 2.30. The zero-order chi connectivity index (χ0) is 20.6. The highest BCUT2D eigenvalue weighted by atomic mass is 35.5. The second kappa shape index (κ2) is 10.2. The van der Waals surface area contributed by atoms with Gasteiger partial charge in [0.25, 0.3) is 5.91 Å². The van der Waals surface area contributed by atoms with E-state index in [0.29, 0.717) is 30.4 Å². The standard InChI is InChI=1S/C22H21Cl2NO4/c1-27-20-12-17(9-10-19(20)29-15-16-6-3-2-4-7-16)13-25(22(26)21(23)24)14-18-8-5-11-28-18/h2-12,21H,13-15H2,1H3. The van der Waals surface area contributed by atoms with Crippen LogP contribution in [0.3, 0.4) is 0 Å². The smallest absolute Gasteiger partial charge is 0.256 e. The molecule has 0 aliphatic carbocycles. The van der Waals surface area contributed by atoms with E-state index in [-0.39, 0.29) is 6.54 Å². The molecule has 0 spiro atoms. The number of furan rings is 1. The Morgan fingerprint density at radius 3 is 2.45 bits per heavy atom. The summed E-state index contributed by atoms with van der Waals surface area (Å²) in [6.45, 7) is 0.987. The third kappa shape index (κ3) is 5.92. The normalized spacial score (nSPS) is 10.8. The topological polar surface area (TPSA) is 51.9 Å². The highest BCUT2D eigenvalue weighted by Gasteiger charge is 2.22. The summed E-state index contributed by atoms with van der Waals surface area (Å²) in [5.41, 5.74) is 1.91. The number of carbonyl (C=O) groups excluding carboxylic acids is 1. The molecule has 5 nitrogen and oxygen atoms in total. The predicted molar refractivity (Wildman–Crippen MR) is 112 cm³/mol. The van der Waals surface area contributed by atoms with Crippen molar-refractivity contribution in [3.05, 3.63) is 83.8 Å². The van der Waals surface area contributed by atoms with E-state index in [4.69, 9.17) is 37.1 Å². The minimum absolute atomic E-state index is 0.260. The van der Waals surface area contributed by atoms with Crippen LogP contribution >= 0.6 is 23.2 Å². The summed E-state index contributed by atoms with van der Waals surface area (Å²) in [4.78, 5) is 12.8. The first kappa shape index (κ1) is 21.1. The number of hydrogen-bond acceptors (Lipinski definition) is 4. The van der Waals surface area contributed by atoms with Crippen LogP contribution in [0.1, 0.15) is 16.9 Å². The van der Waals surface area contributed by atoms with Crippen LogP contribution in [-0.4, -0.2) is 22.8 Å². The molecule has 0 aliphatic heterocycles. The van der Waals surface area contributed by atoms with E-state index >= 15 is 0 Å². The van der Waals surface area contributed by atoms with Crippen LogP contribution in [-0.2, 0) is 24.5 Å². The molecule has 0 unspecified atom stereocenters. The number of halogens is 2. The second-order valence-corrected chi connectivity index (χ2v) is 7.43. The Hall–Kier alpha value is -2.63. The van der Waals surface area contributed by atoms with Crippen LogP contribution in [0.5, 0.6) is 11.5 Å². The van der Waals surface area contributed by atoms with Gasteiger partial charge in [-0.25, -0.2) is 0 Å². The highest BCUT2D eigenvalue weighted by molar-refractivity contribution is 6.53. The number of benzene rings is 2. The maximum absolute atomic E-state index is 12.4. The van der Waals surface area contributed by atoms with E-state index in [1.807, 2.05) is 48.5 Å².